The Morgan fingerprint density at radius 2 is 1.65 bits per heavy atom. The topological polar surface area (TPSA) is 49.3 Å². The number of piperidine rings is 1. The third-order valence-electron chi connectivity index (χ3n) is 8.31. The van der Waals surface area contributed by atoms with Crippen LogP contribution in [0.4, 0.5) is 4.79 Å². The van der Waals surface area contributed by atoms with Crippen LogP contribution in [-0.2, 0) is 11.8 Å². The number of hydrogen-bond donors (Lipinski definition) is 0. The number of rotatable bonds is 3. The molecule has 1 atom stereocenters. The number of benzene rings is 1. The second-order valence-electron chi connectivity index (χ2n) is 10.6. The molecule has 2 heterocycles. The fraction of sp³-hybridized carbons (Fsp3) is 0.654. The van der Waals surface area contributed by atoms with Crippen molar-refractivity contribution in [2.24, 2.45) is 5.41 Å². The van der Waals surface area contributed by atoms with Crippen LogP contribution < -0.4 is 0 Å². The maximum absolute atomic E-state index is 13.0. The Kier molecular flexibility index (Phi) is 5.74. The van der Waals surface area contributed by atoms with Crippen molar-refractivity contribution >= 4 is 17.1 Å². The minimum absolute atomic E-state index is 0.0221. The number of nitrogens with zero attached hydrogens (tertiary/aromatic N) is 4. The van der Waals surface area contributed by atoms with E-state index in [4.69, 9.17) is 9.97 Å². The molecule has 1 saturated heterocycles. The van der Waals surface area contributed by atoms with Crippen LogP contribution in [0.25, 0.3) is 11.0 Å². The van der Waals surface area contributed by atoms with Gasteiger partial charge in [0.05, 0.1) is 22.4 Å². The van der Waals surface area contributed by atoms with Crippen LogP contribution in [0.2, 0.25) is 0 Å². The van der Waals surface area contributed by atoms with Gasteiger partial charge in [-0.25, -0.2) is 14.8 Å². The van der Waals surface area contributed by atoms with Crippen molar-refractivity contribution in [3.8, 4) is 0 Å². The van der Waals surface area contributed by atoms with Crippen LogP contribution in [0, 0.1) is 19.3 Å². The lowest BCUT2D eigenvalue weighted by Gasteiger charge is -2.50. The Hall–Kier alpha value is -2.17. The molecule has 2 aromatic rings. The highest BCUT2D eigenvalue weighted by atomic mass is 16.2. The van der Waals surface area contributed by atoms with Crippen molar-refractivity contribution in [1.82, 2.24) is 19.8 Å². The molecule has 0 bridgehead atoms. The van der Waals surface area contributed by atoms with Gasteiger partial charge < -0.3 is 9.80 Å². The Labute approximate surface area is 187 Å². The van der Waals surface area contributed by atoms with Crippen molar-refractivity contribution in [2.75, 3.05) is 26.7 Å². The summed E-state index contributed by atoms with van der Waals surface area (Å²) in [7, 11) is 1.97. The van der Waals surface area contributed by atoms with E-state index in [9.17, 15) is 4.79 Å². The first-order chi connectivity index (χ1) is 14.6. The second kappa shape index (κ2) is 8.07. The van der Waals surface area contributed by atoms with Crippen LogP contribution in [0.5, 0.6) is 0 Å². The molecule has 2 amide bonds. The zero-order valence-electron chi connectivity index (χ0n) is 20.2. The number of amides is 2. The first kappa shape index (κ1) is 22.0. The molecule has 0 spiro atoms. The predicted octanol–water partition coefficient (Wildman–Crippen LogP) is 5.40. The van der Waals surface area contributed by atoms with Crippen LogP contribution in [0.15, 0.2) is 12.1 Å². The SMILES string of the molecule is Cc1nc2cc3c(cc2nc1C)[C@](C)(CCN(C)C(=O)N1CCCCC1)C(C)(C)CC3. The maximum Gasteiger partial charge on any atom is 0.319 e. The monoisotopic (exact) mass is 422 g/mol. The Bertz CT molecular complexity index is 993. The molecule has 0 saturated carbocycles. The first-order valence-corrected chi connectivity index (χ1v) is 11.9. The number of aromatic nitrogens is 2. The molecule has 1 aliphatic heterocycles. The fourth-order valence-corrected chi connectivity index (χ4v) is 5.42. The highest BCUT2D eigenvalue weighted by Gasteiger charge is 2.46. The number of carbonyl (C=O) groups excluding carboxylic acids is 1. The number of fused-ring (bicyclic) bond motifs is 2. The molecule has 31 heavy (non-hydrogen) atoms. The lowest BCUT2D eigenvalue weighted by atomic mass is 9.55. The molecule has 0 radical (unpaired) electrons. The molecule has 1 aromatic heterocycles. The van der Waals surface area contributed by atoms with Gasteiger partial charge in [-0.2, -0.15) is 0 Å². The van der Waals surface area contributed by atoms with Crippen LogP contribution in [0.1, 0.15) is 75.4 Å². The van der Waals surface area contributed by atoms with Gasteiger partial charge in [-0.15, -0.1) is 0 Å². The number of carbonyl (C=O) groups is 1. The lowest BCUT2D eigenvalue weighted by Crippen LogP contribution is -2.48. The van der Waals surface area contributed by atoms with Gasteiger partial charge in [-0.3, -0.25) is 0 Å². The molecule has 2 aliphatic rings. The standard InChI is InChI=1S/C26H38N4O/c1-18-19(2)28-23-17-21-20(16-22(23)27-18)10-11-25(3,4)26(21,5)12-15-29(6)24(31)30-13-8-7-9-14-30/h16-17H,7-15H2,1-6H3/t26-/m0/s1. The van der Waals surface area contributed by atoms with Crippen LogP contribution in [0.3, 0.4) is 0 Å². The van der Waals surface area contributed by atoms with Crippen molar-refractivity contribution in [3.63, 3.8) is 0 Å². The third-order valence-corrected chi connectivity index (χ3v) is 8.31. The van der Waals surface area contributed by atoms with Gasteiger partial charge in [0, 0.05) is 26.7 Å². The number of urea groups is 1. The summed E-state index contributed by atoms with van der Waals surface area (Å²) in [6.07, 6.45) is 6.67. The van der Waals surface area contributed by atoms with Gasteiger partial charge in [-0.1, -0.05) is 20.8 Å². The summed E-state index contributed by atoms with van der Waals surface area (Å²) in [6, 6.07) is 4.74. The summed E-state index contributed by atoms with van der Waals surface area (Å²) in [5, 5.41) is 0. The third kappa shape index (κ3) is 3.92. The highest BCUT2D eigenvalue weighted by Crippen LogP contribution is 2.52. The lowest BCUT2D eigenvalue weighted by molar-refractivity contribution is 0.114. The van der Waals surface area contributed by atoms with E-state index in [1.165, 1.54) is 17.5 Å². The second-order valence-corrected chi connectivity index (χ2v) is 10.6. The van der Waals surface area contributed by atoms with Gasteiger partial charge in [0.25, 0.3) is 0 Å². The van der Waals surface area contributed by atoms with Gasteiger partial charge in [0.2, 0.25) is 0 Å². The number of hydrogen-bond acceptors (Lipinski definition) is 3. The number of aryl methyl sites for hydroxylation is 3. The molecule has 5 heteroatoms. The van der Waals surface area contributed by atoms with Gasteiger partial charge in [-0.05, 0) is 86.5 Å². The van der Waals surface area contributed by atoms with E-state index in [0.29, 0.717) is 0 Å². The highest BCUT2D eigenvalue weighted by molar-refractivity contribution is 5.78. The zero-order valence-corrected chi connectivity index (χ0v) is 20.2. The zero-order chi connectivity index (χ0) is 22.4. The molecule has 1 aromatic carbocycles. The summed E-state index contributed by atoms with van der Waals surface area (Å²) >= 11 is 0. The predicted molar refractivity (Wildman–Crippen MR) is 127 cm³/mol. The van der Waals surface area contributed by atoms with E-state index < -0.39 is 0 Å². The number of likely N-dealkylation sites (tertiary alicyclic amines) is 1. The molecule has 0 unspecified atom stereocenters. The minimum atomic E-state index is -0.0221. The van der Waals surface area contributed by atoms with E-state index in [-0.39, 0.29) is 16.9 Å². The Morgan fingerprint density at radius 1 is 1.03 bits per heavy atom. The van der Waals surface area contributed by atoms with Crippen molar-refractivity contribution in [2.45, 2.75) is 78.6 Å². The summed E-state index contributed by atoms with van der Waals surface area (Å²) in [4.78, 5) is 26.6. The quantitative estimate of drug-likeness (QED) is 0.665. The molecule has 5 nitrogen and oxygen atoms in total. The van der Waals surface area contributed by atoms with Gasteiger partial charge in [0.1, 0.15) is 0 Å². The summed E-state index contributed by atoms with van der Waals surface area (Å²) in [5.41, 5.74) is 6.91. The van der Waals surface area contributed by atoms with Gasteiger partial charge in [0.15, 0.2) is 0 Å². The molecule has 1 fully saturated rings. The Balaban J connectivity index is 1.63. The van der Waals surface area contributed by atoms with E-state index in [0.717, 1.165) is 74.2 Å². The molecule has 4 rings (SSSR count). The average Bonchev–Trinajstić information content (AvgIpc) is 2.75. The summed E-state index contributed by atoms with van der Waals surface area (Å²) in [6.45, 7) is 13.8. The summed E-state index contributed by atoms with van der Waals surface area (Å²) < 4.78 is 0. The fourth-order valence-electron chi connectivity index (χ4n) is 5.42. The maximum atomic E-state index is 13.0. The van der Waals surface area contributed by atoms with E-state index in [1.54, 1.807) is 0 Å². The van der Waals surface area contributed by atoms with E-state index in [1.807, 2.05) is 30.7 Å². The summed E-state index contributed by atoms with van der Waals surface area (Å²) in [5.74, 6) is 0. The van der Waals surface area contributed by atoms with Crippen LogP contribution in [-0.4, -0.2) is 52.5 Å². The first-order valence-electron chi connectivity index (χ1n) is 11.9. The molecular weight excluding hydrogens is 384 g/mol. The smallest absolute Gasteiger partial charge is 0.319 e. The molecule has 0 N–H and O–H groups in total. The van der Waals surface area contributed by atoms with Crippen LogP contribution >= 0.6 is 0 Å². The largest absolute Gasteiger partial charge is 0.328 e. The minimum Gasteiger partial charge on any atom is -0.328 e. The molecular formula is C26H38N4O. The molecule has 1 aliphatic carbocycles. The average molecular weight is 423 g/mol. The normalized spacial score (nSPS) is 23.0. The van der Waals surface area contributed by atoms with E-state index >= 15 is 0 Å². The molecule has 168 valence electrons. The van der Waals surface area contributed by atoms with Crippen molar-refractivity contribution < 1.29 is 4.79 Å². The van der Waals surface area contributed by atoms with Gasteiger partial charge >= 0.3 is 6.03 Å². The Morgan fingerprint density at radius 3 is 2.29 bits per heavy atom. The van der Waals surface area contributed by atoms with E-state index in [2.05, 4.69) is 32.9 Å². The van der Waals surface area contributed by atoms with Crippen molar-refractivity contribution in [3.05, 3.63) is 34.6 Å². The van der Waals surface area contributed by atoms with Crippen molar-refractivity contribution in [1.29, 1.82) is 0 Å².